The second kappa shape index (κ2) is 23.5. The molecule has 1 N–H and O–H groups in total. The van der Waals surface area contributed by atoms with Crippen LogP contribution in [0.15, 0.2) is 0 Å². The van der Waals surface area contributed by atoms with E-state index in [1.54, 1.807) is 0 Å². The Labute approximate surface area is 204 Å². The van der Waals surface area contributed by atoms with Gasteiger partial charge in [-0.25, -0.2) is 8.42 Å². The van der Waals surface area contributed by atoms with Gasteiger partial charge in [0.05, 0.1) is 16.2 Å². The smallest absolute Gasteiger partial charge is 0.748 e. The molecule has 0 fully saturated rings. The maximum Gasteiger partial charge on any atom is 1.00 e. The molecule has 170 valence electrons. The Morgan fingerprint density at radius 3 is 1.28 bits per heavy atom. The van der Waals surface area contributed by atoms with Gasteiger partial charge in [0.1, 0.15) is 0 Å². The number of hydrogen-bond acceptors (Lipinski definition) is 4. The summed E-state index contributed by atoms with van der Waals surface area (Å²) in [5, 5.41) is 9.95. The second-order valence-corrected chi connectivity index (χ2v) is 10.0. The van der Waals surface area contributed by atoms with Crippen LogP contribution in [0.4, 0.5) is 0 Å². The molecule has 29 heavy (non-hydrogen) atoms. The van der Waals surface area contributed by atoms with E-state index in [1.165, 1.54) is 89.9 Å². The minimum absolute atomic E-state index is 0. The van der Waals surface area contributed by atoms with E-state index in [0.717, 1.165) is 32.1 Å². The van der Waals surface area contributed by atoms with Crippen molar-refractivity contribution in [3.63, 3.8) is 0 Å². The maximum absolute atomic E-state index is 10.5. The first-order valence-electron chi connectivity index (χ1n) is 12.1. The number of aliphatic hydroxyl groups is 1. The summed E-state index contributed by atoms with van der Waals surface area (Å²) in [5.41, 5.74) is 0. The zero-order valence-electron chi connectivity index (χ0n) is 19.5. The van der Waals surface area contributed by atoms with Crippen LogP contribution in [-0.4, -0.2) is 29.9 Å². The van der Waals surface area contributed by atoms with Crippen LogP contribution in [0.5, 0.6) is 0 Å². The summed E-state index contributed by atoms with van der Waals surface area (Å²) in [6, 6.07) is 0. The standard InChI is InChI=1S/C23H48O4S.Na/c1-2-3-4-17-20-23(24)21-18-15-13-11-9-7-5-6-8-10-12-14-16-19-22-28(25,26)27;/h23-24H,2-22H2,1H3,(H,25,26,27);/q;+1/p-1. The molecule has 0 spiro atoms. The van der Waals surface area contributed by atoms with Crippen molar-refractivity contribution >= 4 is 10.1 Å². The average molecular weight is 443 g/mol. The molecule has 0 rings (SSSR count). The Morgan fingerprint density at radius 2 is 0.931 bits per heavy atom. The van der Waals surface area contributed by atoms with Gasteiger partial charge in [-0.2, -0.15) is 0 Å². The van der Waals surface area contributed by atoms with Crippen LogP contribution < -0.4 is 29.6 Å². The van der Waals surface area contributed by atoms with Crippen LogP contribution in [-0.2, 0) is 10.1 Å². The third-order valence-corrected chi connectivity index (χ3v) is 6.36. The van der Waals surface area contributed by atoms with Gasteiger partial charge in [0.25, 0.3) is 0 Å². The van der Waals surface area contributed by atoms with Gasteiger partial charge in [0.2, 0.25) is 0 Å². The molecule has 6 heteroatoms. The van der Waals surface area contributed by atoms with E-state index in [2.05, 4.69) is 6.92 Å². The predicted molar refractivity (Wildman–Crippen MR) is 119 cm³/mol. The van der Waals surface area contributed by atoms with Crippen molar-refractivity contribution in [2.75, 3.05) is 5.75 Å². The van der Waals surface area contributed by atoms with E-state index in [4.69, 9.17) is 0 Å². The minimum atomic E-state index is -4.01. The van der Waals surface area contributed by atoms with Crippen LogP contribution >= 0.6 is 0 Å². The topological polar surface area (TPSA) is 77.4 Å². The molecular weight excluding hydrogens is 395 g/mol. The van der Waals surface area contributed by atoms with Crippen LogP contribution in [0.25, 0.3) is 0 Å². The Kier molecular flexibility index (Phi) is 26.0. The van der Waals surface area contributed by atoms with Crippen molar-refractivity contribution in [2.24, 2.45) is 0 Å². The van der Waals surface area contributed by atoms with Crippen molar-refractivity contribution in [2.45, 2.75) is 141 Å². The monoisotopic (exact) mass is 442 g/mol. The third kappa shape index (κ3) is 28.9. The average Bonchev–Trinajstić information content (AvgIpc) is 2.64. The molecule has 0 aliphatic rings. The first kappa shape index (κ1) is 32.1. The molecule has 0 radical (unpaired) electrons. The summed E-state index contributed by atoms with van der Waals surface area (Å²) in [6.07, 6.45) is 23.4. The molecule has 0 aromatic rings. The first-order chi connectivity index (χ1) is 13.5. The van der Waals surface area contributed by atoms with E-state index in [0.29, 0.717) is 6.42 Å². The molecule has 1 atom stereocenters. The van der Waals surface area contributed by atoms with Gasteiger partial charge in [-0.3, -0.25) is 0 Å². The van der Waals surface area contributed by atoms with Crippen molar-refractivity contribution in [1.29, 1.82) is 0 Å². The molecule has 0 aliphatic heterocycles. The molecule has 0 bridgehead atoms. The summed E-state index contributed by atoms with van der Waals surface area (Å²) in [7, 11) is -4.01. The molecule has 1 unspecified atom stereocenters. The molecule has 0 aromatic heterocycles. The van der Waals surface area contributed by atoms with Crippen molar-refractivity contribution in [3.05, 3.63) is 0 Å². The summed E-state index contributed by atoms with van der Waals surface area (Å²) in [4.78, 5) is 0. The molecule has 0 saturated carbocycles. The van der Waals surface area contributed by atoms with Gasteiger partial charge in [0.15, 0.2) is 0 Å². The first-order valence-corrected chi connectivity index (χ1v) is 13.6. The summed E-state index contributed by atoms with van der Waals surface area (Å²) in [6.45, 7) is 2.22. The Morgan fingerprint density at radius 1 is 0.621 bits per heavy atom. The minimum Gasteiger partial charge on any atom is -0.748 e. The van der Waals surface area contributed by atoms with Crippen LogP contribution in [0.3, 0.4) is 0 Å². The number of hydrogen-bond donors (Lipinski definition) is 1. The number of unbranched alkanes of at least 4 members (excludes halogenated alkanes) is 16. The number of rotatable bonds is 22. The van der Waals surface area contributed by atoms with Gasteiger partial charge in [-0.05, 0) is 19.3 Å². The number of aliphatic hydroxyl groups excluding tert-OH is 1. The molecule has 0 heterocycles. The second-order valence-electron chi connectivity index (χ2n) is 8.50. The third-order valence-electron chi connectivity index (χ3n) is 5.57. The zero-order chi connectivity index (χ0) is 20.9. The SMILES string of the molecule is CCCCCCC(O)CCCCCCCCCCCCCCCCS(=O)(=O)[O-].[Na+]. The normalized spacial score (nSPS) is 12.7. The van der Waals surface area contributed by atoms with Crippen LogP contribution in [0, 0.1) is 0 Å². The van der Waals surface area contributed by atoms with Crippen LogP contribution in [0.1, 0.15) is 135 Å². The summed E-state index contributed by atoms with van der Waals surface area (Å²) in [5.74, 6) is -0.202. The van der Waals surface area contributed by atoms with Crippen molar-refractivity contribution < 1.29 is 47.6 Å². The molecule has 4 nitrogen and oxygen atoms in total. The van der Waals surface area contributed by atoms with Crippen molar-refractivity contribution in [1.82, 2.24) is 0 Å². The largest absolute Gasteiger partial charge is 1.00 e. The Balaban J connectivity index is 0. The Hall–Kier alpha value is 0.870. The van der Waals surface area contributed by atoms with Gasteiger partial charge >= 0.3 is 29.6 Å². The Bertz CT molecular complexity index is 415. The predicted octanol–water partition coefficient (Wildman–Crippen LogP) is 3.72. The van der Waals surface area contributed by atoms with Gasteiger partial charge in [-0.1, -0.05) is 116 Å². The van der Waals surface area contributed by atoms with Gasteiger partial charge in [0, 0.05) is 5.75 Å². The quantitative estimate of drug-likeness (QED) is 0.157. The molecule has 0 saturated heterocycles. The molecular formula is C23H47NaO4S. The van der Waals surface area contributed by atoms with Crippen LogP contribution in [0.2, 0.25) is 0 Å². The maximum atomic E-state index is 10.5. The van der Waals surface area contributed by atoms with Gasteiger partial charge < -0.3 is 9.66 Å². The van der Waals surface area contributed by atoms with E-state index >= 15 is 0 Å². The summed E-state index contributed by atoms with van der Waals surface area (Å²) < 4.78 is 31.4. The molecule has 0 amide bonds. The fourth-order valence-electron chi connectivity index (χ4n) is 3.73. The van der Waals surface area contributed by atoms with E-state index < -0.39 is 10.1 Å². The van der Waals surface area contributed by atoms with Crippen molar-refractivity contribution in [3.8, 4) is 0 Å². The van der Waals surface area contributed by atoms with E-state index in [9.17, 15) is 18.1 Å². The van der Waals surface area contributed by atoms with Gasteiger partial charge in [-0.15, -0.1) is 0 Å². The molecule has 0 aliphatic carbocycles. The fraction of sp³-hybridized carbons (Fsp3) is 1.00. The van der Waals surface area contributed by atoms with E-state index in [-0.39, 0.29) is 41.4 Å². The fourth-order valence-corrected chi connectivity index (χ4v) is 4.29. The van der Waals surface area contributed by atoms with E-state index in [1.807, 2.05) is 0 Å². The summed E-state index contributed by atoms with van der Waals surface area (Å²) >= 11 is 0. The zero-order valence-corrected chi connectivity index (χ0v) is 22.3. The molecule has 0 aromatic carbocycles.